The molecule has 8 heteroatoms. The second-order valence-electron chi connectivity index (χ2n) is 6.64. The van der Waals surface area contributed by atoms with Crippen molar-refractivity contribution in [3.8, 4) is 0 Å². The summed E-state index contributed by atoms with van der Waals surface area (Å²) in [6, 6.07) is 13.1. The third kappa shape index (κ3) is 3.26. The molecule has 27 heavy (non-hydrogen) atoms. The van der Waals surface area contributed by atoms with Crippen LogP contribution in [0.1, 0.15) is 19.3 Å². The lowest BCUT2D eigenvalue weighted by atomic mass is 10.2. The second-order valence-corrected chi connectivity index (χ2v) is 8.92. The third-order valence-electron chi connectivity index (χ3n) is 4.74. The van der Waals surface area contributed by atoms with Crippen LogP contribution in [0.25, 0.3) is 0 Å². The van der Waals surface area contributed by atoms with Crippen molar-refractivity contribution in [1.82, 2.24) is 4.31 Å². The molecule has 2 aromatic carbocycles. The van der Waals surface area contributed by atoms with E-state index < -0.39 is 27.9 Å². The lowest BCUT2D eigenvalue weighted by Crippen LogP contribution is -2.46. The predicted octanol–water partition coefficient (Wildman–Crippen LogP) is 2.83. The van der Waals surface area contributed by atoms with Crippen molar-refractivity contribution in [3.63, 3.8) is 0 Å². The van der Waals surface area contributed by atoms with Gasteiger partial charge in [-0.15, -0.1) is 0 Å². The van der Waals surface area contributed by atoms with E-state index in [1.807, 2.05) is 0 Å². The SMILES string of the molecule is O=C1CC(N(C2CC2)S(=O)(=O)c2ccccc2)C(=O)N1c1ccc(Cl)cc1. The van der Waals surface area contributed by atoms with E-state index in [1.165, 1.54) is 16.4 Å². The largest absolute Gasteiger partial charge is 0.274 e. The van der Waals surface area contributed by atoms with Gasteiger partial charge in [0.05, 0.1) is 17.0 Å². The highest BCUT2D eigenvalue weighted by atomic mass is 35.5. The van der Waals surface area contributed by atoms with Gasteiger partial charge in [-0.25, -0.2) is 13.3 Å². The van der Waals surface area contributed by atoms with Gasteiger partial charge in [0, 0.05) is 11.1 Å². The molecule has 6 nitrogen and oxygen atoms in total. The van der Waals surface area contributed by atoms with Crippen molar-refractivity contribution in [2.24, 2.45) is 0 Å². The highest BCUT2D eigenvalue weighted by Crippen LogP contribution is 2.38. The van der Waals surface area contributed by atoms with Crippen LogP contribution >= 0.6 is 11.6 Å². The van der Waals surface area contributed by atoms with E-state index in [9.17, 15) is 18.0 Å². The zero-order valence-electron chi connectivity index (χ0n) is 14.3. The molecule has 2 amide bonds. The summed E-state index contributed by atoms with van der Waals surface area (Å²) in [6.07, 6.45) is 1.21. The standard InChI is InChI=1S/C19H17ClN2O4S/c20-13-6-8-14(9-7-13)21-18(23)12-17(19(21)24)22(15-10-11-15)27(25,26)16-4-2-1-3-5-16/h1-9,15,17H,10-12H2. The van der Waals surface area contributed by atoms with E-state index in [2.05, 4.69) is 0 Å². The molecule has 2 aromatic rings. The van der Waals surface area contributed by atoms with Gasteiger partial charge in [-0.1, -0.05) is 29.8 Å². The Morgan fingerprint density at radius 1 is 0.963 bits per heavy atom. The Morgan fingerprint density at radius 3 is 2.19 bits per heavy atom. The van der Waals surface area contributed by atoms with Gasteiger partial charge in [-0.2, -0.15) is 4.31 Å². The minimum Gasteiger partial charge on any atom is -0.274 e. The predicted molar refractivity (Wildman–Crippen MR) is 101 cm³/mol. The topological polar surface area (TPSA) is 74.8 Å². The molecule has 1 saturated carbocycles. The molecule has 1 heterocycles. The fraction of sp³-hybridized carbons (Fsp3) is 0.263. The zero-order chi connectivity index (χ0) is 19.2. The minimum atomic E-state index is -3.88. The smallest absolute Gasteiger partial charge is 0.252 e. The van der Waals surface area contributed by atoms with Crippen LogP contribution in [0.2, 0.25) is 5.02 Å². The molecular formula is C19H17ClN2O4S. The van der Waals surface area contributed by atoms with Crippen molar-refractivity contribution in [1.29, 1.82) is 0 Å². The van der Waals surface area contributed by atoms with E-state index in [0.717, 1.165) is 4.90 Å². The molecule has 1 unspecified atom stereocenters. The first-order valence-electron chi connectivity index (χ1n) is 8.60. The Balaban J connectivity index is 1.70. The van der Waals surface area contributed by atoms with Crippen molar-refractivity contribution in [2.75, 3.05) is 4.90 Å². The maximum absolute atomic E-state index is 13.2. The Morgan fingerprint density at radius 2 is 1.59 bits per heavy atom. The van der Waals surface area contributed by atoms with E-state index in [1.54, 1.807) is 42.5 Å². The number of halogens is 1. The molecule has 140 valence electrons. The first-order valence-corrected chi connectivity index (χ1v) is 10.4. The lowest BCUT2D eigenvalue weighted by molar-refractivity contribution is -0.122. The lowest BCUT2D eigenvalue weighted by Gasteiger charge is -2.26. The Labute approximate surface area is 162 Å². The van der Waals surface area contributed by atoms with E-state index in [0.29, 0.717) is 23.6 Å². The van der Waals surface area contributed by atoms with Crippen LogP contribution in [0.5, 0.6) is 0 Å². The first kappa shape index (κ1) is 18.2. The summed E-state index contributed by atoms with van der Waals surface area (Å²) < 4.78 is 27.6. The summed E-state index contributed by atoms with van der Waals surface area (Å²) in [7, 11) is -3.88. The molecular weight excluding hydrogens is 388 g/mol. The van der Waals surface area contributed by atoms with Crippen LogP contribution in [0, 0.1) is 0 Å². The average molecular weight is 405 g/mol. The fourth-order valence-corrected chi connectivity index (χ4v) is 5.31. The quantitative estimate of drug-likeness (QED) is 0.718. The van der Waals surface area contributed by atoms with Gasteiger partial charge in [0.15, 0.2) is 0 Å². The Bertz CT molecular complexity index is 988. The number of carbonyl (C=O) groups excluding carboxylic acids is 2. The van der Waals surface area contributed by atoms with Crippen LogP contribution < -0.4 is 4.90 Å². The monoisotopic (exact) mass is 404 g/mol. The highest BCUT2D eigenvalue weighted by molar-refractivity contribution is 7.89. The molecule has 0 aromatic heterocycles. The minimum absolute atomic E-state index is 0.127. The zero-order valence-corrected chi connectivity index (χ0v) is 15.9. The van der Waals surface area contributed by atoms with Crippen molar-refractivity contribution in [2.45, 2.75) is 36.2 Å². The van der Waals surface area contributed by atoms with Crippen LogP contribution in [0.15, 0.2) is 59.5 Å². The molecule has 1 saturated heterocycles. The van der Waals surface area contributed by atoms with Gasteiger partial charge in [-0.3, -0.25) is 9.59 Å². The molecule has 0 N–H and O–H groups in total. The van der Waals surface area contributed by atoms with Crippen molar-refractivity contribution >= 4 is 39.1 Å². The molecule has 2 fully saturated rings. The molecule has 1 aliphatic carbocycles. The summed E-state index contributed by atoms with van der Waals surface area (Å²) in [6.45, 7) is 0. The first-order chi connectivity index (χ1) is 12.9. The van der Waals surface area contributed by atoms with Crippen LogP contribution in [-0.4, -0.2) is 36.6 Å². The fourth-order valence-electron chi connectivity index (χ4n) is 3.34. The number of carbonyl (C=O) groups is 2. The van der Waals surface area contributed by atoms with Gasteiger partial charge in [-0.05, 0) is 49.2 Å². The van der Waals surface area contributed by atoms with E-state index in [4.69, 9.17) is 11.6 Å². The summed E-state index contributed by atoms with van der Waals surface area (Å²) in [4.78, 5) is 26.7. The van der Waals surface area contributed by atoms with Crippen LogP contribution in [-0.2, 0) is 19.6 Å². The summed E-state index contributed by atoms with van der Waals surface area (Å²) >= 11 is 5.87. The average Bonchev–Trinajstić information content (AvgIpc) is 3.43. The number of anilines is 1. The number of nitrogens with zero attached hydrogens (tertiary/aromatic N) is 2. The number of hydrogen-bond donors (Lipinski definition) is 0. The molecule has 1 atom stereocenters. The van der Waals surface area contributed by atoms with Gasteiger partial charge in [0.25, 0.3) is 5.91 Å². The maximum atomic E-state index is 13.2. The normalized spacial score (nSPS) is 20.5. The van der Waals surface area contributed by atoms with Gasteiger partial charge in [0.2, 0.25) is 15.9 Å². The van der Waals surface area contributed by atoms with Gasteiger partial charge < -0.3 is 0 Å². The molecule has 0 radical (unpaired) electrons. The number of amides is 2. The number of hydrogen-bond acceptors (Lipinski definition) is 4. The number of rotatable bonds is 5. The summed E-state index contributed by atoms with van der Waals surface area (Å²) in [5.41, 5.74) is 0.393. The maximum Gasteiger partial charge on any atom is 0.252 e. The molecule has 1 aliphatic heterocycles. The van der Waals surface area contributed by atoms with E-state index >= 15 is 0 Å². The molecule has 4 rings (SSSR count). The summed E-state index contributed by atoms with van der Waals surface area (Å²) in [5.74, 6) is -0.935. The Kier molecular flexibility index (Phi) is 4.53. The van der Waals surface area contributed by atoms with Crippen LogP contribution in [0.3, 0.4) is 0 Å². The number of sulfonamides is 1. The van der Waals surface area contributed by atoms with Crippen LogP contribution in [0.4, 0.5) is 5.69 Å². The third-order valence-corrected chi connectivity index (χ3v) is 6.97. The highest BCUT2D eigenvalue weighted by Gasteiger charge is 2.51. The summed E-state index contributed by atoms with van der Waals surface area (Å²) in [5, 5.41) is 0.487. The number of imide groups is 1. The number of benzene rings is 2. The van der Waals surface area contributed by atoms with Gasteiger partial charge in [0.1, 0.15) is 6.04 Å². The van der Waals surface area contributed by atoms with Crippen molar-refractivity contribution < 1.29 is 18.0 Å². The van der Waals surface area contributed by atoms with Crippen molar-refractivity contribution in [3.05, 3.63) is 59.6 Å². The molecule has 0 spiro atoms. The second kappa shape index (κ2) is 6.74. The molecule has 0 bridgehead atoms. The van der Waals surface area contributed by atoms with E-state index in [-0.39, 0.29) is 17.4 Å². The van der Waals surface area contributed by atoms with Gasteiger partial charge >= 0.3 is 0 Å². The molecule has 2 aliphatic rings. The Hall–Kier alpha value is -2.22.